The Morgan fingerprint density at radius 2 is 2.11 bits per heavy atom. The van der Waals surface area contributed by atoms with Gasteiger partial charge in [0, 0.05) is 12.0 Å². The normalized spacial score (nSPS) is 12.7. The molecule has 2 aromatic rings. The van der Waals surface area contributed by atoms with Gasteiger partial charge in [0.25, 0.3) is 5.89 Å². The highest BCUT2D eigenvalue weighted by Crippen LogP contribution is 2.19. The molecule has 5 heteroatoms. The average molecular weight is 261 g/mol. The van der Waals surface area contributed by atoms with Gasteiger partial charge < -0.3 is 15.0 Å². The van der Waals surface area contributed by atoms with E-state index in [1.165, 1.54) is 0 Å². The van der Waals surface area contributed by atoms with Crippen LogP contribution in [0.1, 0.15) is 50.0 Å². The van der Waals surface area contributed by atoms with Crippen molar-refractivity contribution in [2.75, 3.05) is 0 Å². The Balaban J connectivity index is 1.99. The van der Waals surface area contributed by atoms with Gasteiger partial charge in [0.05, 0.1) is 0 Å². The summed E-state index contributed by atoms with van der Waals surface area (Å²) in [5.41, 5.74) is 6.86. The molecule has 2 N–H and O–H groups in total. The van der Waals surface area contributed by atoms with Crippen LogP contribution in [0.15, 0.2) is 28.8 Å². The minimum atomic E-state index is -0.0144. The van der Waals surface area contributed by atoms with Crippen molar-refractivity contribution in [2.24, 2.45) is 5.73 Å². The van der Waals surface area contributed by atoms with Crippen LogP contribution in [0.4, 0.5) is 0 Å². The van der Waals surface area contributed by atoms with Crippen molar-refractivity contribution in [1.29, 1.82) is 0 Å². The molecule has 0 amide bonds. The molecule has 1 heterocycles. The number of hydrogen-bond donors (Lipinski definition) is 1. The summed E-state index contributed by atoms with van der Waals surface area (Å²) in [4.78, 5) is 4.25. The molecule has 1 atom stereocenters. The molecular formula is C14H19N3O2. The smallest absolute Gasteiger partial charge is 0.264 e. The fourth-order valence-electron chi connectivity index (χ4n) is 1.59. The maximum absolute atomic E-state index is 5.83. The summed E-state index contributed by atoms with van der Waals surface area (Å²) in [5, 5.41) is 3.89. The van der Waals surface area contributed by atoms with Crippen molar-refractivity contribution in [2.45, 2.75) is 39.3 Å². The fraction of sp³-hybridized carbons (Fsp3) is 0.429. The summed E-state index contributed by atoms with van der Waals surface area (Å²) in [7, 11) is 0. The molecule has 0 fully saturated rings. The van der Waals surface area contributed by atoms with Crippen LogP contribution >= 0.6 is 0 Å². The molecule has 0 aliphatic rings. The first-order valence-corrected chi connectivity index (χ1v) is 6.37. The highest BCUT2D eigenvalue weighted by Gasteiger charge is 2.10. The van der Waals surface area contributed by atoms with Crippen molar-refractivity contribution < 1.29 is 9.26 Å². The lowest BCUT2D eigenvalue weighted by Gasteiger charge is -2.08. The zero-order valence-corrected chi connectivity index (χ0v) is 11.5. The minimum Gasteiger partial charge on any atom is -0.484 e. The van der Waals surface area contributed by atoms with E-state index in [2.05, 4.69) is 10.1 Å². The molecule has 0 spiro atoms. The zero-order chi connectivity index (χ0) is 13.8. The van der Waals surface area contributed by atoms with Gasteiger partial charge in [0.15, 0.2) is 12.4 Å². The van der Waals surface area contributed by atoms with Gasteiger partial charge in [-0.25, -0.2) is 0 Å². The number of aromatic nitrogens is 2. The Labute approximate surface area is 112 Å². The molecular weight excluding hydrogens is 242 g/mol. The van der Waals surface area contributed by atoms with E-state index in [0.29, 0.717) is 11.7 Å². The third kappa shape index (κ3) is 3.54. The number of ether oxygens (including phenoxy) is 1. The zero-order valence-electron chi connectivity index (χ0n) is 11.5. The van der Waals surface area contributed by atoms with Crippen LogP contribution in [0.25, 0.3) is 0 Å². The molecule has 19 heavy (non-hydrogen) atoms. The number of nitrogens with two attached hydrogens (primary N) is 1. The van der Waals surface area contributed by atoms with Crippen LogP contribution in [0, 0.1) is 0 Å². The van der Waals surface area contributed by atoms with E-state index in [1.807, 2.05) is 45.0 Å². The number of rotatable bonds is 5. The lowest BCUT2D eigenvalue weighted by molar-refractivity contribution is 0.242. The number of hydrogen-bond acceptors (Lipinski definition) is 5. The lowest BCUT2D eigenvalue weighted by Crippen LogP contribution is -2.05. The van der Waals surface area contributed by atoms with E-state index in [4.69, 9.17) is 15.0 Å². The molecule has 1 aromatic heterocycles. The second-order valence-electron chi connectivity index (χ2n) is 4.85. The molecule has 5 nitrogen and oxygen atoms in total. The van der Waals surface area contributed by atoms with E-state index in [-0.39, 0.29) is 18.6 Å². The van der Waals surface area contributed by atoms with Gasteiger partial charge in [-0.2, -0.15) is 4.98 Å². The first kappa shape index (κ1) is 13.5. The Kier molecular flexibility index (Phi) is 4.16. The van der Waals surface area contributed by atoms with E-state index in [0.717, 1.165) is 11.3 Å². The Bertz CT molecular complexity index is 535. The van der Waals surface area contributed by atoms with E-state index in [9.17, 15) is 0 Å². The topological polar surface area (TPSA) is 74.2 Å². The van der Waals surface area contributed by atoms with Crippen LogP contribution in [0.5, 0.6) is 5.75 Å². The van der Waals surface area contributed by atoms with E-state index in [1.54, 1.807) is 0 Å². The second kappa shape index (κ2) is 5.84. The molecule has 0 bridgehead atoms. The van der Waals surface area contributed by atoms with Gasteiger partial charge in [-0.3, -0.25) is 0 Å². The molecule has 0 radical (unpaired) electrons. The maximum Gasteiger partial charge on any atom is 0.264 e. The van der Waals surface area contributed by atoms with Crippen molar-refractivity contribution in [3.05, 3.63) is 41.5 Å². The summed E-state index contributed by atoms with van der Waals surface area (Å²) in [6.45, 7) is 6.23. The molecule has 1 unspecified atom stereocenters. The monoisotopic (exact) mass is 261 g/mol. The highest BCUT2D eigenvalue weighted by molar-refractivity contribution is 5.30. The van der Waals surface area contributed by atoms with Crippen LogP contribution in [0.3, 0.4) is 0 Å². The third-order valence-corrected chi connectivity index (χ3v) is 2.75. The number of nitrogens with zero attached hydrogens (tertiary/aromatic N) is 2. The predicted molar refractivity (Wildman–Crippen MR) is 71.8 cm³/mol. The van der Waals surface area contributed by atoms with E-state index < -0.39 is 0 Å². The largest absolute Gasteiger partial charge is 0.484 e. The molecule has 2 rings (SSSR count). The van der Waals surface area contributed by atoms with Crippen LogP contribution in [-0.2, 0) is 6.61 Å². The Morgan fingerprint density at radius 3 is 2.74 bits per heavy atom. The molecule has 0 saturated carbocycles. The first-order valence-electron chi connectivity index (χ1n) is 6.37. The maximum atomic E-state index is 5.83. The van der Waals surface area contributed by atoms with Gasteiger partial charge in [0.2, 0.25) is 0 Å². The standard InChI is InChI=1S/C14H19N3O2/c1-9(2)14-16-13(19-17-14)8-18-12-6-4-5-11(7-12)10(3)15/h4-7,9-10H,8,15H2,1-3H3. The summed E-state index contributed by atoms with van der Waals surface area (Å²) in [6.07, 6.45) is 0. The van der Waals surface area contributed by atoms with E-state index >= 15 is 0 Å². The lowest BCUT2D eigenvalue weighted by atomic mass is 10.1. The number of benzene rings is 1. The molecule has 0 aliphatic carbocycles. The molecule has 0 saturated heterocycles. The molecule has 1 aromatic carbocycles. The quantitative estimate of drug-likeness (QED) is 0.895. The van der Waals surface area contributed by atoms with Crippen LogP contribution in [0.2, 0.25) is 0 Å². The Hall–Kier alpha value is -1.88. The first-order chi connectivity index (χ1) is 9.06. The fourth-order valence-corrected chi connectivity index (χ4v) is 1.59. The third-order valence-electron chi connectivity index (χ3n) is 2.75. The summed E-state index contributed by atoms with van der Waals surface area (Å²) < 4.78 is 10.7. The van der Waals surface area contributed by atoms with Crippen molar-refractivity contribution in [3.63, 3.8) is 0 Å². The van der Waals surface area contributed by atoms with Gasteiger partial charge >= 0.3 is 0 Å². The summed E-state index contributed by atoms with van der Waals surface area (Å²) >= 11 is 0. The summed E-state index contributed by atoms with van der Waals surface area (Å²) in [5.74, 6) is 2.18. The van der Waals surface area contributed by atoms with Crippen molar-refractivity contribution in [1.82, 2.24) is 10.1 Å². The predicted octanol–water partition coefficient (Wildman–Crippen LogP) is 2.79. The van der Waals surface area contributed by atoms with Crippen LogP contribution < -0.4 is 10.5 Å². The van der Waals surface area contributed by atoms with Crippen LogP contribution in [-0.4, -0.2) is 10.1 Å². The van der Waals surface area contributed by atoms with Crippen molar-refractivity contribution >= 4 is 0 Å². The average Bonchev–Trinajstić information content (AvgIpc) is 2.85. The summed E-state index contributed by atoms with van der Waals surface area (Å²) in [6, 6.07) is 7.68. The minimum absolute atomic E-state index is 0.0144. The van der Waals surface area contributed by atoms with Gasteiger partial charge in [-0.1, -0.05) is 31.1 Å². The van der Waals surface area contributed by atoms with Gasteiger partial charge in [0.1, 0.15) is 5.75 Å². The molecule has 0 aliphatic heterocycles. The van der Waals surface area contributed by atoms with Gasteiger partial charge in [-0.15, -0.1) is 0 Å². The Morgan fingerprint density at radius 1 is 1.32 bits per heavy atom. The highest BCUT2D eigenvalue weighted by atomic mass is 16.5. The second-order valence-corrected chi connectivity index (χ2v) is 4.85. The molecule has 102 valence electrons. The van der Waals surface area contributed by atoms with Gasteiger partial charge in [-0.05, 0) is 24.6 Å². The SMILES string of the molecule is CC(C)c1noc(COc2cccc(C(C)N)c2)n1. The van der Waals surface area contributed by atoms with Crippen molar-refractivity contribution in [3.8, 4) is 5.75 Å².